The van der Waals surface area contributed by atoms with Crippen LogP contribution in [0.1, 0.15) is 29.4 Å². The number of aryl methyl sites for hydroxylation is 1. The lowest BCUT2D eigenvalue weighted by atomic mass is 10.0. The normalized spacial score (nSPS) is 25.9. The molecule has 2 aliphatic rings. The molecule has 0 unspecified atom stereocenters. The number of likely N-dealkylation sites (N-methyl/N-ethyl adjacent to an activating group) is 1. The molecule has 0 saturated carbocycles. The summed E-state index contributed by atoms with van der Waals surface area (Å²) in [6, 6.07) is 1.94. The molecule has 3 rings (SSSR count). The largest absolute Gasteiger partial charge is 0.439 e. The maximum absolute atomic E-state index is 11.6. The fourth-order valence-corrected chi connectivity index (χ4v) is 3.26. The van der Waals surface area contributed by atoms with Gasteiger partial charge in [-0.2, -0.15) is 0 Å². The molecule has 0 aliphatic carbocycles. The average Bonchev–Trinajstić information content (AvgIpc) is 3.03. The summed E-state index contributed by atoms with van der Waals surface area (Å²) >= 11 is 0. The molecular formula is C15H21N3O3. The van der Waals surface area contributed by atoms with Crippen LogP contribution in [0.2, 0.25) is 0 Å². The standard InChI is InChI=1S/C15H21N3O3/c1-11(19)12-6-13(16(2)7-12)8-18-5-4-15(10-18)9-17(3)14(20)21-15/h6-7H,4-5,8-10H2,1-3H3/t15-/m0/s1. The summed E-state index contributed by atoms with van der Waals surface area (Å²) in [5, 5.41) is 0. The first-order chi connectivity index (χ1) is 9.88. The maximum atomic E-state index is 11.6. The summed E-state index contributed by atoms with van der Waals surface area (Å²) in [6.45, 7) is 4.67. The molecule has 0 N–H and O–H groups in total. The summed E-state index contributed by atoms with van der Waals surface area (Å²) < 4.78 is 7.54. The highest BCUT2D eigenvalue weighted by Crippen LogP contribution is 2.32. The van der Waals surface area contributed by atoms with Crippen molar-refractivity contribution in [3.8, 4) is 0 Å². The van der Waals surface area contributed by atoms with Gasteiger partial charge in [-0.1, -0.05) is 0 Å². The van der Waals surface area contributed by atoms with E-state index in [1.54, 1.807) is 18.9 Å². The van der Waals surface area contributed by atoms with E-state index < -0.39 is 0 Å². The van der Waals surface area contributed by atoms with Crippen LogP contribution in [0.25, 0.3) is 0 Å². The van der Waals surface area contributed by atoms with E-state index in [-0.39, 0.29) is 17.5 Å². The van der Waals surface area contributed by atoms with E-state index in [1.807, 2.05) is 23.9 Å². The third-order valence-corrected chi connectivity index (χ3v) is 4.44. The zero-order valence-corrected chi connectivity index (χ0v) is 12.8. The molecule has 1 atom stereocenters. The quantitative estimate of drug-likeness (QED) is 0.787. The van der Waals surface area contributed by atoms with Gasteiger partial charge in [-0.3, -0.25) is 9.69 Å². The minimum atomic E-state index is -0.347. The molecule has 1 spiro atoms. The zero-order chi connectivity index (χ0) is 15.2. The van der Waals surface area contributed by atoms with Crippen LogP contribution in [-0.4, -0.2) is 58.5 Å². The summed E-state index contributed by atoms with van der Waals surface area (Å²) in [6.07, 6.45) is 2.51. The predicted molar refractivity (Wildman–Crippen MR) is 77.2 cm³/mol. The van der Waals surface area contributed by atoms with Gasteiger partial charge in [-0.05, 0) is 13.0 Å². The van der Waals surface area contributed by atoms with Crippen molar-refractivity contribution in [2.24, 2.45) is 7.05 Å². The molecule has 1 aromatic rings. The van der Waals surface area contributed by atoms with Crippen LogP contribution in [0.4, 0.5) is 4.79 Å². The molecule has 0 aromatic carbocycles. The van der Waals surface area contributed by atoms with Crippen LogP contribution in [0.15, 0.2) is 12.3 Å². The van der Waals surface area contributed by atoms with Crippen LogP contribution in [0.5, 0.6) is 0 Å². The van der Waals surface area contributed by atoms with Crippen molar-refractivity contribution in [3.63, 3.8) is 0 Å². The van der Waals surface area contributed by atoms with Gasteiger partial charge in [0.1, 0.15) is 5.60 Å². The SMILES string of the molecule is CC(=O)c1cc(CN2CC[C@@]3(C2)CN(C)C(=O)O3)n(C)c1. The molecule has 3 heterocycles. The third kappa shape index (κ3) is 2.55. The first-order valence-electron chi connectivity index (χ1n) is 7.21. The Morgan fingerprint density at radius 3 is 2.71 bits per heavy atom. The van der Waals surface area contributed by atoms with E-state index in [9.17, 15) is 9.59 Å². The van der Waals surface area contributed by atoms with Crippen LogP contribution in [0.3, 0.4) is 0 Å². The lowest BCUT2D eigenvalue weighted by Crippen LogP contribution is -2.37. The van der Waals surface area contributed by atoms with E-state index in [2.05, 4.69) is 4.90 Å². The summed E-state index contributed by atoms with van der Waals surface area (Å²) in [4.78, 5) is 26.9. The maximum Gasteiger partial charge on any atom is 0.410 e. The first kappa shape index (κ1) is 14.1. The first-order valence-corrected chi connectivity index (χ1v) is 7.21. The minimum absolute atomic E-state index is 0.0843. The molecule has 6 nitrogen and oxygen atoms in total. The second kappa shape index (κ2) is 4.87. The van der Waals surface area contributed by atoms with Crippen molar-refractivity contribution in [3.05, 3.63) is 23.5 Å². The van der Waals surface area contributed by atoms with Crippen LogP contribution in [-0.2, 0) is 18.3 Å². The topological polar surface area (TPSA) is 54.8 Å². The van der Waals surface area contributed by atoms with Crippen molar-refractivity contribution >= 4 is 11.9 Å². The highest BCUT2D eigenvalue weighted by atomic mass is 16.6. The number of carbonyl (C=O) groups excluding carboxylic acids is 2. The van der Waals surface area contributed by atoms with Gasteiger partial charge in [0.25, 0.3) is 0 Å². The van der Waals surface area contributed by atoms with E-state index in [1.165, 1.54) is 0 Å². The predicted octanol–water partition coefficient (Wildman–Crippen LogP) is 1.25. The van der Waals surface area contributed by atoms with Crippen molar-refractivity contribution in [2.75, 3.05) is 26.7 Å². The number of aromatic nitrogens is 1. The monoisotopic (exact) mass is 291 g/mol. The molecule has 1 amide bonds. The Hall–Kier alpha value is -1.82. The Morgan fingerprint density at radius 2 is 2.14 bits per heavy atom. The summed E-state index contributed by atoms with van der Waals surface area (Å²) in [5.74, 6) is 0.0843. The van der Waals surface area contributed by atoms with Crippen LogP contribution >= 0.6 is 0 Å². The molecule has 0 bridgehead atoms. The Kier molecular flexibility index (Phi) is 3.28. The molecule has 2 saturated heterocycles. The van der Waals surface area contributed by atoms with E-state index >= 15 is 0 Å². The molecule has 2 fully saturated rings. The number of ether oxygens (including phenoxy) is 1. The zero-order valence-electron chi connectivity index (χ0n) is 12.8. The number of hydrogen-bond donors (Lipinski definition) is 0. The molecule has 1 aromatic heterocycles. The molecular weight excluding hydrogens is 270 g/mol. The van der Waals surface area contributed by atoms with Crippen molar-refractivity contribution in [1.82, 2.24) is 14.4 Å². The van der Waals surface area contributed by atoms with Crippen LogP contribution in [0, 0.1) is 0 Å². The van der Waals surface area contributed by atoms with Gasteiger partial charge in [0.2, 0.25) is 0 Å². The van der Waals surface area contributed by atoms with E-state index in [4.69, 9.17) is 4.74 Å². The number of amides is 1. The van der Waals surface area contributed by atoms with Crippen LogP contribution < -0.4 is 0 Å². The summed E-state index contributed by atoms with van der Waals surface area (Å²) in [5.41, 5.74) is 1.50. The van der Waals surface area contributed by atoms with Gasteiger partial charge in [0.15, 0.2) is 5.78 Å². The second-order valence-electron chi connectivity index (χ2n) is 6.25. The van der Waals surface area contributed by atoms with Gasteiger partial charge in [-0.25, -0.2) is 4.79 Å². The number of nitrogens with zero attached hydrogens (tertiary/aromatic N) is 3. The number of carbonyl (C=O) groups is 2. The number of Topliss-reactive ketones (excluding diaryl/α,β-unsaturated/α-hetero) is 1. The number of rotatable bonds is 3. The Bertz CT molecular complexity index is 595. The minimum Gasteiger partial charge on any atom is -0.439 e. The Morgan fingerprint density at radius 1 is 1.38 bits per heavy atom. The molecule has 0 radical (unpaired) electrons. The van der Waals surface area contributed by atoms with Gasteiger partial charge in [0.05, 0.1) is 6.54 Å². The van der Waals surface area contributed by atoms with Gasteiger partial charge in [0, 0.05) is 57.6 Å². The van der Waals surface area contributed by atoms with Gasteiger partial charge >= 0.3 is 6.09 Å². The average molecular weight is 291 g/mol. The molecule has 114 valence electrons. The third-order valence-electron chi connectivity index (χ3n) is 4.44. The number of hydrogen-bond acceptors (Lipinski definition) is 4. The smallest absolute Gasteiger partial charge is 0.410 e. The van der Waals surface area contributed by atoms with E-state index in [0.29, 0.717) is 6.54 Å². The molecule has 21 heavy (non-hydrogen) atoms. The van der Waals surface area contributed by atoms with Crippen molar-refractivity contribution in [2.45, 2.75) is 25.5 Å². The number of ketones is 1. The Balaban J connectivity index is 1.68. The van der Waals surface area contributed by atoms with Gasteiger partial charge in [-0.15, -0.1) is 0 Å². The van der Waals surface area contributed by atoms with Gasteiger partial charge < -0.3 is 14.2 Å². The summed E-state index contributed by atoms with van der Waals surface area (Å²) in [7, 11) is 3.73. The lowest BCUT2D eigenvalue weighted by Gasteiger charge is -2.21. The van der Waals surface area contributed by atoms with E-state index in [0.717, 1.165) is 37.3 Å². The fourth-order valence-electron chi connectivity index (χ4n) is 3.26. The molecule has 6 heteroatoms. The highest BCUT2D eigenvalue weighted by molar-refractivity contribution is 5.94. The highest BCUT2D eigenvalue weighted by Gasteiger charge is 2.48. The van der Waals surface area contributed by atoms with Crippen molar-refractivity contribution in [1.29, 1.82) is 0 Å². The number of likely N-dealkylation sites (tertiary alicyclic amines) is 1. The molecule has 2 aliphatic heterocycles. The second-order valence-corrected chi connectivity index (χ2v) is 6.25. The van der Waals surface area contributed by atoms with Crippen molar-refractivity contribution < 1.29 is 14.3 Å². The Labute approximate surface area is 124 Å². The fraction of sp³-hybridized carbons (Fsp3) is 0.600. The lowest BCUT2D eigenvalue weighted by molar-refractivity contribution is 0.0625.